The van der Waals surface area contributed by atoms with Gasteiger partial charge in [-0.05, 0) is 43.2 Å². The summed E-state index contributed by atoms with van der Waals surface area (Å²) in [6.45, 7) is 3.87. The first-order valence-corrected chi connectivity index (χ1v) is 10.1. The Kier molecular flexibility index (Phi) is 4.46. The van der Waals surface area contributed by atoms with Crippen molar-refractivity contribution in [1.29, 1.82) is 0 Å². The third-order valence-electron chi connectivity index (χ3n) is 5.72. The van der Waals surface area contributed by atoms with Crippen molar-refractivity contribution in [2.75, 3.05) is 0 Å². The number of para-hydroxylation sites is 1. The smallest absolute Gasteiger partial charge is 0.343 e. The molecule has 7 heteroatoms. The van der Waals surface area contributed by atoms with Crippen LogP contribution in [0.25, 0.3) is 11.0 Å². The molecule has 2 aromatic heterocycles. The van der Waals surface area contributed by atoms with Crippen LogP contribution in [0.2, 0.25) is 0 Å². The molecule has 31 heavy (non-hydrogen) atoms. The zero-order valence-electron chi connectivity index (χ0n) is 17.0. The summed E-state index contributed by atoms with van der Waals surface area (Å²) in [5, 5.41) is 0.663. The molecule has 0 aliphatic carbocycles. The van der Waals surface area contributed by atoms with Crippen LogP contribution in [0.15, 0.2) is 62.5 Å². The van der Waals surface area contributed by atoms with Gasteiger partial charge in [-0.15, -0.1) is 0 Å². The number of nitrogens with zero attached hydrogens (tertiary/aromatic N) is 2. The van der Waals surface area contributed by atoms with E-state index in [0.717, 1.165) is 5.56 Å². The van der Waals surface area contributed by atoms with Crippen LogP contribution in [-0.2, 0) is 6.54 Å². The summed E-state index contributed by atoms with van der Waals surface area (Å²) in [5.74, 6) is 0.242. The summed E-state index contributed by atoms with van der Waals surface area (Å²) in [7, 11) is 0. The van der Waals surface area contributed by atoms with E-state index in [1.807, 2.05) is 19.1 Å². The lowest BCUT2D eigenvalue weighted by molar-refractivity contribution is 0.403. The van der Waals surface area contributed by atoms with Crippen molar-refractivity contribution < 1.29 is 13.5 Å². The number of hydrogen-bond acceptors (Lipinski definition) is 5. The second-order valence-corrected chi connectivity index (χ2v) is 7.59. The molecule has 0 fully saturated rings. The molecular weight excluding hydrogens is 399 g/mol. The highest BCUT2D eigenvalue weighted by Crippen LogP contribution is 2.44. The first-order chi connectivity index (χ1) is 15.0. The number of hydrogen-bond donors (Lipinski definition) is 0. The van der Waals surface area contributed by atoms with Gasteiger partial charge in [-0.3, -0.25) is 9.36 Å². The molecule has 5 rings (SSSR count). The molecule has 0 N–H and O–H groups in total. The van der Waals surface area contributed by atoms with Crippen LogP contribution in [0.4, 0.5) is 4.39 Å². The van der Waals surface area contributed by atoms with Crippen molar-refractivity contribution in [3.05, 3.63) is 97.6 Å². The first-order valence-electron chi connectivity index (χ1n) is 10.1. The highest BCUT2D eigenvalue weighted by atomic mass is 19.1. The van der Waals surface area contributed by atoms with Crippen LogP contribution in [0.1, 0.15) is 41.8 Å². The molecule has 0 bridgehead atoms. The number of ether oxygens (including phenoxy) is 1. The standard InChI is InChI=1S/C24H19FN2O4/c1-3-16-19-21(17-6-4-5-7-18(17)30-24(19)29)31-22-20(16)23(28)27(13(2)26-22)12-14-8-10-15(25)11-9-14/h4-11,16H,3,12H2,1-2H3/t16-/m1/s1. The van der Waals surface area contributed by atoms with Gasteiger partial charge >= 0.3 is 5.63 Å². The Morgan fingerprint density at radius 3 is 2.55 bits per heavy atom. The van der Waals surface area contributed by atoms with E-state index in [0.29, 0.717) is 40.1 Å². The van der Waals surface area contributed by atoms with Crippen LogP contribution < -0.4 is 15.9 Å². The van der Waals surface area contributed by atoms with Gasteiger partial charge < -0.3 is 9.15 Å². The number of aromatic nitrogens is 2. The van der Waals surface area contributed by atoms with Gasteiger partial charge in [0.2, 0.25) is 5.88 Å². The second kappa shape index (κ2) is 7.19. The van der Waals surface area contributed by atoms with E-state index in [4.69, 9.17) is 9.15 Å². The SMILES string of the molecule is CC[C@@H]1c2c(c3ccccc3oc2=O)Oc2nc(C)n(Cc3ccc(F)cc3)c(=O)c21. The summed E-state index contributed by atoms with van der Waals surface area (Å²) >= 11 is 0. The molecule has 0 amide bonds. The number of fused-ring (bicyclic) bond motifs is 4. The van der Waals surface area contributed by atoms with Crippen molar-refractivity contribution in [3.8, 4) is 11.6 Å². The van der Waals surface area contributed by atoms with Gasteiger partial charge in [-0.25, -0.2) is 9.18 Å². The van der Waals surface area contributed by atoms with Gasteiger partial charge in [0.25, 0.3) is 5.56 Å². The lowest BCUT2D eigenvalue weighted by Crippen LogP contribution is -2.33. The minimum absolute atomic E-state index is 0.216. The largest absolute Gasteiger partial charge is 0.437 e. The molecule has 3 heterocycles. The molecule has 0 radical (unpaired) electrons. The monoisotopic (exact) mass is 418 g/mol. The maximum Gasteiger partial charge on any atom is 0.343 e. The fourth-order valence-electron chi connectivity index (χ4n) is 4.18. The fraction of sp³-hybridized carbons (Fsp3) is 0.208. The molecule has 2 aromatic carbocycles. The Labute approximate surface area is 176 Å². The highest BCUT2D eigenvalue weighted by Gasteiger charge is 2.35. The van der Waals surface area contributed by atoms with Gasteiger partial charge in [0.15, 0.2) is 5.75 Å². The van der Waals surface area contributed by atoms with Crippen molar-refractivity contribution in [2.45, 2.75) is 32.7 Å². The summed E-state index contributed by atoms with van der Waals surface area (Å²) in [5.41, 5.74) is 1.07. The van der Waals surface area contributed by atoms with Crippen LogP contribution in [0, 0.1) is 12.7 Å². The third kappa shape index (κ3) is 3.04. The molecule has 156 valence electrons. The van der Waals surface area contributed by atoms with Gasteiger partial charge in [0, 0.05) is 5.92 Å². The minimum Gasteiger partial charge on any atom is -0.437 e. The van der Waals surface area contributed by atoms with Crippen LogP contribution in [0.5, 0.6) is 11.6 Å². The Hall–Kier alpha value is -3.74. The Balaban J connectivity index is 1.70. The highest BCUT2D eigenvalue weighted by molar-refractivity contribution is 5.85. The van der Waals surface area contributed by atoms with Crippen LogP contribution in [0.3, 0.4) is 0 Å². The third-order valence-corrected chi connectivity index (χ3v) is 5.72. The van der Waals surface area contributed by atoms with Crippen LogP contribution >= 0.6 is 0 Å². The Morgan fingerprint density at radius 1 is 1.06 bits per heavy atom. The summed E-state index contributed by atoms with van der Waals surface area (Å²) in [6, 6.07) is 13.1. The van der Waals surface area contributed by atoms with Crippen LogP contribution in [-0.4, -0.2) is 9.55 Å². The van der Waals surface area contributed by atoms with E-state index in [1.165, 1.54) is 16.7 Å². The van der Waals surface area contributed by atoms with E-state index in [1.54, 1.807) is 31.2 Å². The quantitative estimate of drug-likeness (QED) is 0.458. The summed E-state index contributed by atoms with van der Waals surface area (Å²) in [4.78, 5) is 30.9. The predicted molar refractivity (Wildman–Crippen MR) is 113 cm³/mol. The van der Waals surface area contributed by atoms with Crippen molar-refractivity contribution >= 4 is 11.0 Å². The van der Waals surface area contributed by atoms with Crippen molar-refractivity contribution in [2.24, 2.45) is 0 Å². The number of rotatable bonds is 3. The van der Waals surface area contributed by atoms with Crippen molar-refractivity contribution in [1.82, 2.24) is 9.55 Å². The molecular formula is C24H19FN2O4. The summed E-state index contributed by atoms with van der Waals surface area (Å²) < 4.78 is 26.3. The van der Waals surface area contributed by atoms with E-state index in [9.17, 15) is 14.0 Å². The first kappa shape index (κ1) is 19.2. The van der Waals surface area contributed by atoms with Crippen molar-refractivity contribution in [3.63, 3.8) is 0 Å². The summed E-state index contributed by atoms with van der Waals surface area (Å²) in [6.07, 6.45) is 0.503. The minimum atomic E-state index is -0.517. The van der Waals surface area contributed by atoms with E-state index >= 15 is 0 Å². The van der Waals surface area contributed by atoms with E-state index < -0.39 is 11.5 Å². The Morgan fingerprint density at radius 2 is 1.81 bits per heavy atom. The van der Waals surface area contributed by atoms with Gasteiger partial charge in [-0.1, -0.05) is 31.2 Å². The fourth-order valence-corrected chi connectivity index (χ4v) is 4.18. The maximum atomic E-state index is 13.5. The average molecular weight is 418 g/mol. The zero-order valence-corrected chi connectivity index (χ0v) is 17.0. The normalized spacial score (nSPS) is 14.7. The number of aryl methyl sites for hydroxylation is 1. The van der Waals surface area contributed by atoms with E-state index in [-0.39, 0.29) is 23.8 Å². The van der Waals surface area contributed by atoms with Gasteiger partial charge in [0.1, 0.15) is 17.2 Å². The Bertz CT molecular complexity index is 1440. The maximum absolute atomic E-state index is 13.5. The molecule has 0 saturated carbocycles. The molecule has 0 spiro atoms. The topological polar surface area (TPSA) is 74.3 Å². The molecule has 1 atom stereocenters. The molecule has 1 aliphatic heterocycles. The molecule has 1 aliphatic rings. The average Bonchev–Trinajstić information content (AvgIpc) is 2.76. The van der Waals surface area contributed by atoms with Gasteiger partial charge in [-0.2, -0.15) is 4.98 Å². The molecule has 6 nitrogen and oxygen atoms in total. The molecule has 0 saturated heterocycles. The number of benzene rings is 2. The molecule has 0 unspecified atom stereocenters. The number of halogens is 1. The lowest BCUT2D eigenvalue weighted by atomic mass is 9.88. The van der Waals surface area contributed by atoms with Gasteiger partial charge in [0.05, 0.1) is 23.1 Å². The zero-order chi connectivity index (χ0) is 21.7. The van der Waals surface area contributed by atoms with E-state index in [2.05, 4.69) is 4.98 Å². The second-order valence-electron chi connectivity index (χ2n) is 7.59. The predicted octanol–water partition coefficient (Wildman–Crippen LogP) is 4.49. The molecule has 4 aromatic rings. The lowest BCUT2D eigenvalue weighted by Gasteiger charge is -2.27.